The van der Waals surface area contributed by atoms with E-state index in [9.17, 15) is 4.39 Å². The molecule has 0 radical (unpaired) electrons. The Hall–Kier alpha value is -3.02. The highest BCUT2D eigenvalue weighted by molar-refractivity contribution is 5.95. The summed E-state index contributed by atoms with van der Waals surface area (Å²) in [5.74, 6) is -0.260. The van der Waals surface area contributed by atoms with Crippen LogP contribution < -0.4 is 0 Å². The molecule has 4 aromatic rings. The van der Waals surface area contributed by atoms with Crippen molar-refractivity contribution < 1.29 is 4.39 Å². The monoisotopic (exact) mass is 307 g/mol. The molecule has 5 nitrogen and oxygen atoms in total. The summed E-state index contributed by atoms with van der Waals surface area (Å²) in [7, 11) is 3.76. The molecular formula is C17H14FN5. The van der Waals surface area contributed by atoms with Gasteiger partial charge in [0.2, 0.25) is 0 Å². The molecule has 3 aromatic heterocycles. The number of pyridine rings is 1. The number of rotatable bonds is 2. The van der Waals surface area contributed by atoms with Gasteiger partial charge in [0, 0.05) is 43.2 Å². The smallest absolute Gasteiger partial charge is 0.123 e. The summed E-state index contributed by atoms with van der Waals surface area (Å²) < 4.78 is 16.8. The van der Waals surface area contributed by atoms with Crippen molar-refractivity contribution in [2.75, 3.05) is 0 Å². The number of hydrogen-bond donors (Lipinski definition) is 0. The summed E-state index contributed by atoms with van der Waals surface area (Å²) in [5, 5.41) is 8.83. The quantitative estimate of drug-likeness (QED) is 0.571. The highest BCUT2D eigenvalue weighted by Crippen LogP contribution is 2.34. The average Bonchev–Trinajstić information content (AvgIpc) is 3.12. The predicted molar refractivity (Wildman–Crippen MR) is 86.1 cm³/mol. The van der Waals surface area contributed by atoms with Gasteiger partial charge in [0.25, 0.3) is 0 Å². The minimum absolute atomic E-state index is 0.260. The van der Waals surface area contributed by atoms with Gasteiger partial charge >= 0.3 is 0 Å². The van der Waals surface area contributed by atoms with Gasteiger partial charge in [0.1, 0.15) is 17.0 Å². The molecule has 0 amide bonds. The molecule has 0 saturated carbocycles. The van der Waals surface area contributed by atoms with Crippen LogP contribution in [0.3, 0.4) is 0 Å². The Labute approximate surface area is 132 Å². The van der Waals surface area contributed by atoms with Crippen molar-refractivity contribution in [1.82, 2.24) is 24.5 Å². The van der Waals surface area contributed by atoms with Gasteiger partial charge in [-0.2, -0.15) is 10.2 Å². The van der Waals surface area contributed by atoms with Crippen molar-refractivity contribution >= 4 is 11.0 Å². The van der Waals surface area contributed by atoms with Gasteiger partial charge in [0.05, 0.1) is 11.7 Å². The zero-order valence-corrected chi connectivity index (χ0v) is 12.7. The largest absolute Gasteiger partial charge is 0.275 e. The van der Waals surface area contributed by atoms with Gasteiger partial charge in [0.15, 0.2) is 0 Å². The predicted octanol–water partition coefficient (Wildman–Crippen LogP) is 3.17. The summed E-state index contributed by atoms with van der Waals surface area (Å²) in [6, 6.07) is 8.32. The number of aromatic nitrogens is 5. The van der Waals surface area contributed by atoms with Gasteiger partial charge in [-0.15, -0.1) is 0 Å². The van der Waals surface area contributed by atoms with Crippen LogP contribution in [0, 0.1) is 5.82 Å². The number of halogens is 1. The molecule has 0 unspecified atom stereocenters. The molecule has 0 atom stereocenters. The van der Waals surface area contributed by atoms with Crippen molar-refractivity contribution in [3.8, 4) is 22.4 Å². The lowest BCUT2D eigenvalue weighted by Crippen LogP contribution is -1.93. The molecule has 0 aliphatic carbocycles. The zero-order valence-electron chi connectivity index (χ0n) is 12.7. The standard InChI is InChI=1S/C17H14FN5/c1-22-10-14(16(21-22)11-3-5-12(18)6-4-11)13-7-8-19-15-9-20-23(2)17(13)15/h3-10H,1-2H3. The number of hydrogen-bond acceptors (Lipinski definition) is 3. The molecule has 0 fully saturated rings. The zero-order chi connectivity index (χ0) is 16.0. The topological polar surface area (TPSA) is 48.5 Å². The van der Waals surface area contributed by atoms with E-state index >= 15 is 0 Å². The molecule has 0 aliphatic heterocycles. The number of fused-ring (bicyclic) bond motifs is 1. The second kappa shape index (κ2) is 5.01. The van der Waals surface area contributed by atoms with Crippen molar-refractivity contribution in [2.45, 2.75) is 0 Å². The lowest BCUT2D eigenvalue weighted by Gasteiger charge is -2.05. The molecule has 0 N–H and O–H groups in total. The van der Waals surface area contributed by atoms with Crippen LogP contribution in [0.5, 0.6) is 0 Å². The van der Waals surface area contributed by atoms with Crippen molar-refractivity contribution in [1.29, 1.82) is 0 Å². The van der Waals surface area contributed by atoms with Crippen LogP contribution in [0.2, 0.25) is 0 Å². The van der Waals surface area contributed by atoms with Crippen LogP contribution in [0.1, 0.15) is 0 Å². The van der Waals surface area contributed by atoms with Gasteiger partial charge in [-0.1, -0.05) is 0 Å². The first-order valence-electron chi connectivity index (χ1n) is 7.20. The fourth-order valence-corrected chi connectivity index (χ4v) is 2.83. The molecule has 4 rings (SSSR count). The van der Waals surface area contributed by atoms with Crippen LogP contribution in [0.25, 0.3) is 33.4 Å². The van der Waals surface area contributed by atoms with Crippen LogP contribution in [-0.4, -0.2) is 24.5 Å². The third kappa shape index (κ3) is 2.19. The van der Waals surface area contributed by atoms with Gasteiger partial charge in [-0.25, -0.2) is 4.39 Å². The van der Waals surface area contributed by atoms with Crippen LogP contribution in [-0.2, 0) is 14.1 Å². The third-order valence-electron chi connectivity index (χ3n) is 3.87. The first-order valence-corrected chi connectivity index (χ1v) is 7.20. The first kappa shape index (κ1) is 13.6. The molecule has 1 aromatic carbocycles. The molecule has 23 heavy (non-hydrogen) atoms. The lowest BCUT2D eigenvalue weighted by molar-refractivity contribution is 0.628. The highest BCUT2D eigenvalue weighted by atomic mass is 19.1. The molecule has 0 aliphatic rings. The van der Waals surface area contributed by atoms with Crippen LogP contribution in [0.15, 0.2) is 48.9 Å². The normalized spacial score (nSPS) is 11.3. The van der Waals surface area contributed by atoms with Gasteiger partial charge in [-0.05, 0) is 30.3 Å². The van der Waals surface area contributed by atoms with E-state index in [4.69, 9.17) is 0 Å². The summed E-state index contributed by atoms with van der Waals surface area (Å²) in [6.07, 6.45) is 5.47. The minimum Gasteiger partial charge on any atom is -0.275 e. The summed E-state index contributed by atoms with van der Waals surface area (Å²) in [4.78, 5) is 4.35. The van der Waals surface area contributed by atoms with E-state index in [1.807, 2.05) is 26.4 Å². The number of aryl methyl sites for hydroxylation is 2. The molecular weight excluding hydrogens is 293 g/mol. The van der Waals surface area contributed by atoms with E-state index in [0.29, 0.717) is 0 Å². The highest BCUT2D eigenvalue weighted by Gasteiger charge is 2.16. The van der Waals surface area contributed by atoms with Crippen LogP contribution >= 0.6 is 0 Å². The average molecular weight is 307 g/mol. The maximum Gasteiger partial charge on any atom is 0.123 e. The second-order valence-electron chi connectivity index (χ2n) is 5.43. The van der Waals surface area contributed by atoms with E-state index in [1.165, 1.54) is 12.1 Å². The Morgan fingerprint density at radius 1 is 1.00 bits per heavy atom. The number of benzene rings is 1. The van der Waals surface area contributed by atoms with E-state index in [0.717, 1.165) is 33.4 Å². The molecule has 3 heterocycles. The Morgan fingerprint density at radius 2 is 1.78 bits per heavy atom. The molecule has 6 heteroatoms. The van der Waals surface area contributed by atoms with E-state index in [2.05, 4.69) is 15.2 Å². The minimum atomic E-state index is -0.260. The Bertz CT molecular complexity index is 998. The fourth-order valence-electron chi connectivity index (χ4n) is 2.83. The molecule has 0 bridgehead atoms. The lowest BCUT2D eigenvalue weighted by atomic mass is 10.0. The fraction of sp³-hybridized carbons (Fsp3) is 0.118. The summed E-state index contributed by atoms with van der Waals surface area (Å²) in [6.45, 7) is 0. The summed E-state index contributed by atoms with van der Waals surface area (Å²) >= 11 is 0. The molecule has 114 valence electrons. The molecule has 0 saturated heterocycles. The maximum atomic E-state index is 13.2. The van der Waals surface area contributed by atoms with Gasteiger partial charge < -0.3 is 0 Å². The Kier molecular flexibility index (Phi) is 2.97. The summed E-state index contributed by atoms with van der Waals surface area (Å²) in [5.41, 5.74) is 5.43. The van der Waals surface area contributed by atoms with Crippen LogP contribution in [0.4, 0.5) is 4.39 Å². The second-order valence-corrected chi connectivity index (χ2v) is 5.43. The van der Waals surface area contributed by atoms with Gasteiger partial charge in [-0.3, -0.25) is 14.3 Å². The maximum absolute atomic E-state index is 13.2. The van der Waals surface area contributed by atoms with Crippen molar-refractivity contribution in [3.05, 3.63) is 54.7 Å². The Morgan fingerprint density at radius 3 is 2.57 bits per heavy atom. The SMILES string of the molecule is Cn1cc(-c2ccnc3cnn(C)c23)c(-c2ccc(F)cc2)n1. The number of nitrogens with zero attached hydrogens (tertiary/aromatic N) is 5. The van der Waals surface area contributed by atoms with Crippen molar-refractivity contribution in [3.63, 3.8) is 0 Å². The first-order chi connectivity index (χ1) is 11.1. The third-order valence-corrected chi connectivity index (χ3v) is 3.87. The van der Waals surface area contributed by atoms with E-state index in [1.54, 1.807) is 33.9 Å². The van der Waals surface area contributed by atoms with E-state index < -0.39 is 0 Å². The van der Waals surface area contributed by atoms with E-state index in [-0.39, 0.29) is 5.82 Å². The molecule has 0 spiro atoms. The van der Waals surface area contributed by atoms with Crippen molar-refractivity contribution in [2.24, 2.45) is 14.1 Å². The Balaban J connectivity index is 1.99.